The van der Waals surface area contributed by atoms with Crippen molar-refractivity contribution in [1.29, 1.82) is 0 Å². The molecular formula is C12H15N3O2S. The van der Waals surface area contributed by atoms with Crippen LogP contribution >= 0.6 is 0 Å². The van der Waals surface area contributed by atoms with Crippen LogP contribution in [0.15, 0.2) is 34.4 Å². The highest BCUT2D eigenvalue weighted by atomic mass is 32.2. The number of hydrazone groups is 1. The van der Waals surface area contributed by atoms with E-state index in [9.17, 15) is 8.42 Å². The Hall–Kier alpha value is -1.69. The van der Waals surface area contributed by atoms with Crippen LogP contribution in [0.5, 0.6) is 0 Å². The van der Waals surface area contributed by atoms with Gasteiger partial charge < -0.3 is 0 Å². The van der Waals surface area contributed by atoms with Gasteiger partial charge in [-0.15, -0.1) is 0 Å². The Bertz CT molecular complexity index is 620. The molecule has 1 unspecified atom stereocenters. The van der Waals surface area contributed by atoms with Gasteiger partial charge in [0.05, 0.1) is 11.9 Å². The fourth-order valence-electron chi connectivity index (χ4n) is 1.81. The molecule has 2 rings (SSSR count). The summed E-state index contributed by atoms with van der Waals surface area (Å²) < 4.78 is 23.3. The predicted molar refractivity (Wildman–Crippen MR) is 72.6 cm³/mol. The van der Waals surface area contributed by atoms with Gasteiger partial charge in [-0.2, -0.15) is 5.10 Å². The number of hydrogen-bond donors (Lipinski definition) is 0. The first-order valence-corrected chi connectivity index (χ1v) is 7.44. The third-order valence-corrected chi connectivity index (χ3v) is 3.91. The summed E-state index contributed by atoms with van der Waals surface area (Å²) >= 11 is 0. The van der Waals surface area contributed by atoms with E-state index in [0.29, 0.717) is 5.71 Å². The van der Waals surface area contributed by atoms with Crippen molar-refractivity contribution in [3.8, 4) is 0 Å². The zero-order chi connectivity index (χ0) is 13.3. The molecule has 0 amide bonds. The first kappa shape index (κ1) is 12.8. The molecule has 0 bridgehead atoms. The van der Waals surface area contributed by atoms with Crippen molar-refractivity contribution in [2.75, 3.05) is 13.3 Å². The van der Waals surface area contributed by atoms with Crippen molar-refractivity contribution < 1.29 is 8.42 Å². The van der Waals surface area contributed by atoms with Gasteiger partial charge in [-0.05, 0) is 12.5 Å². The van der Waals surface area contributed by atoms with Gasteiger partial charge >= 0.3 is 0 Å². The fourth-order valence-corrected chi connectivity index (χ4v) is 2.72. The number of aliphatic imine (C=N–C) groups is 1. The van der Waals surface area contributed by atoms with Crippen molar-refractivity contribution in [2.24, 2.45) is 10.1 Å². The van der Waals surface area contributed by atoms with Crippen molar-refractivity contribution in [3.63, 3.8) is 0 Å². The second kappa shape index (κ2) is 4.53. The maximum absolute atomic E-state index is 11.6. The zero-order valence-corrected chi connectivity index (χ0v) is 11.3. The molecule has 6 heteroatoms. The van der Waals surface area contributed by atoms with E-state index in [4.69, 9.17) is 0 Å². The molecule has 0 N–H and O–H groups in total. The van der Waals surface area contributed by atoms with E-state index < -0.39 is 15.3 Å². The van der Waals surface area contributed by atoms with Crippen molar-refractivity contribution in [3.05, 3.63) is 35.4 Å². The summed E-state index contributed by atoms with van der Waals surface area (Å²) in [6, 6.07) is 7.69. The summed E-state index contributed by atoms with van der Waals surface area (Å²) in [6.45, 7) is 1.96. The van der Waals surface area contributed by atoms with Gasteiger partial charge in [0.1, 0.15) is 0 Å². The Kier molecular flexibility index (Phi) is 3.21. The molecule has 1 heterocycles. The maximum atomic E-state index is 11.6. The summed E-state index contributed by atoms with van der Waals surface area (Å²) in [6.07, 6.45) is 2.75. The largest absolute Gasteiger partial charge is 0.262 e. The highest BCUT2D eigenvalue weighted by molar-refractivity contribution is 7.91. The molecule has 1 aliphatic rings. The van der Waals surface area contributed by atoms with E-state index in [1.54, 1.807) is 13.3 Å². The second-order valence-corrected chi connectivity index (χ2v) is 6.38. The second-order valence-electron chi connectivity index (χ2n) is 4.30. The molecule has 1 atom stereocenters. The van der Waals surface area contributed by atoms with Gasteiger partial charge in [0.25, 0.3) is 0 Å². The molecule has 0 aromatic heterocycles. The Morgan fingerprint density at radius 2 is 1.94 bits per heavy atom. The average molecular weight is 265 g/mol. The molecule has 0 spiro atoms. The molecule has 0 fully saturated rings. The smallest absolute Gasteiger partial charge is 0.238 e. The summed E-state index contributed by atoms with van der Waals surface area (Å²) in [5.41, 5.74) is 1.60. The molecule has 18 heavy (non-hydrogen) atoms. The quantitative estimate of drug-likeness (QED) is 0.802. The Morgan fingerprint density at radius 1 is 1.28 bits per heavy atom. The molecule has 1 aliphatic heterocycles. The highest BCUT2D eigenvalue weighted by Gasteiger charge is 2.27. The Morgan fingerprint density at radius 3 is 2.56 bits per heavy atom. The van der Waals surface area contributed by atoms with E-state index in [0.717, 1.165) is 17.4 Å². The zero-order valence-electron chi connectivity index (χ0n) is 10.5. The number of aryl methyl sites for hydroxylation is 1. The van der Waals surface area contributed by atoms with E-state index in [1.807, 2.05) is 31.2 Å². The highest BCUT2D eigenvalue weighted by Crippen LogP contribution is 2.15. The Balaban J connectivity index is 2.47. The van der Waals surface area contributed by atoms with E-state index >= 15 is 0 Å². The van der Waals surface area contributed by atoms with Crippen molar-refractivity contribution >= 4 is 21.8 Å². The van der Waals surface area contributed by atoms with Gasteiger partial charge in [-0.25, -0.2) is 13.4 Å². The molecule has 0 aliphatic carbocycles. The maximum Gasteiger partial charge on any atom is 0.238 e. The van der Waals surface area contributed by atoms with Crippen LogP contribution in [-0.2, 0) is 9.84 Å². The minimum absolute atomic E-state index is 0.599. The minimum atomic E-state index is -3.30. The van der Waals surface area contributed by atoms with E-state index in [-0.39, 0.29) is 0 Å². The van der Waals surface area contributed by atoms with Crippen LogP contribution in [0.3, 0.4) is 0 Å². The lowest BCUT2D eigenvalue weighted by molar-refractivity contribution is 0.323. The lowest BCUT2D eigenvalue weighted by Crippen LogP contribution is -2.37. The normalized spacial score (nSPS) is 19.8. The lowest BCUT2D eigenvalue weighted by atomic mass is 10.0. The molecule has 0 saturated carbocycles. The molecule has 5 nitrogen and oxygen atoms in total. The van der Waals surface area contributed by atoms with Crippen LogP contribution in [0.25, 0.3) is 0 Å². The first-order valence-electron chi connectivity index (χ1n) is 5.49. The van der Waals surface area contributed by atoms with Gasteiger partial charge in [-0.1, -0.05) is 24.3 Å². The van der Waals surface area contributed by atoms with Gasteiger partial charge in [0, 0.05) is 18.9 Å². The molecule has 96 valence electrons. The number of nitrogens with zero attached hydrogens (tertiary/aromatic N) is 3. The third-order valence-electron chi connectivity index (χ3n) is 2.74. The summed E-state index contributed by atoms with van der Waals surface area (Å²) in [5, 5.41) is 5.42. The molecule has 0 saturated heterocycles. The molecular weight excluding hydrogens is 250 g/mol. The predicted octanol–water partition coefficient (Wildman–Crippen LogP) is 1.04. The van der Waals surface area contributed by atoms with Gasteiger partial charge in [-0.3, -0.25) is 5.01 Å². The van der Waals surface area contributed by atoms with Crippen LogP contribution in [-0.4, -0.2) is 44.2 Å². The van der Waals surface area contributed by atoms with Crippen LogP contribution in [0, 0.1) is 6.92 Å². The van der Waals surface area contributed by atoms with E-state index in [2.05, 4.69) is 10.1 Å². The van der Waals surface area contributed by atoms with Crippen molar-refractivity contribution in [2.45, 2.75) is 12.4 Å². The third kappa shape index (κ3) is 2.43. The number of rotatable bonds is 2. The average Bonchev–Trinajstić information content (AvgIpc) is 2.29. The number of hydrogen-bond acceptors (Lipinski definition) is 5. The standard InChI is InChI=1S/C12H15N3O2S/c1-9-6-4-5-7-10(9)11-8-13-15(2)12(14-11)18(3,16)17/h4-8,12H,1-3H3. The van der Waals surface area contributed by atoms with Crippen LogP contribution in [0.2, 0.25) is 0 Å². The summed E-state index contributed by atoms with van der Waals surface area (Å²) in [7, 11) is -1.71. The molecule has 1 aromatic carbocycles. The van der Waals surface area contributed by atoms with Gasteiger partial charge in [0.2, 0.25) is 5.50 Å². The molecule has 1 aromatic rings. The first-order chi connectivity index (χ1) is 8.39. The van der Waals surface area contributed by atoms with Crippen LogP contribution < -0.4 is 0 Å². The van der Waals surface area contributed by atoms with Crippen LogP contribution in [0.4, 0.5) is 0 Å². The SMILES string of the molecule is Cc1ccccc1C1=NC(S(C)(=O)=O)N(C)N=C1. The number of benzene rings is 1. The van der Waals surface area contributed by atoms with Crippen LogP contribution in [0.1, 0.15) is 11.1 Å². The lowest BCUT2D eigenvalue weighted by Gasteiger charge is -2.24. The summed E-state index contributed by atoms with van der Waals surface area (Å²) in [4.78, 5) is 4.27. The topological polar surface area (TPSA) is 62.1 Å². The Labute approximate surface area is 107 Å². The van der Waals surface area contributed by atoms with Gasteiger partial charge in [0.15, 0.2) is 9.84 Å². The molecule has 0 radical (unpaired) electrons. The van der Waals surface area contributed by atoms with E-state index in [1.165, 1.54) is 5.01 Å². The summed E-state index contributed by atoms with van der Waals surface area (Å²) in [5.74, 6) is 0. The number of sulfone groups is 1. The monoisotopic (exact) mass is 265 g/mol. The van der Waals surface area contributed by atoms with Crippen molar-refractivity contribution in [1.82, 2.24) is 5.01 Å². The minimum Gasteiger partial charge on any atom is -0.262 e. The fraction of sp³-hybridized carbons (Fsp3) is 0.333.